The molecule has 4 atom stereocenters. The lowest BCUT2D eigenvalue weighted by atomic mass is 9.96. The van der Waals surface area contributed by atoms with Gasteiger partial charge in [-0.25, -0.2) is 13.2 Å². The summed E-state index contributed by atoms with van der Waals surface area (Å²) >= 11 is 4.88. The van der Waals surface area contributed by atoms with Crippen LogP contribution in [0.2, 0.25) is 5.02 Å². The number of sulfone groups is 1. The molecule has 14 heteroatoms. The van der Waals surface area contributed by atoms with Crippen molar-refractivity contribution in [3.05, 3.63) is 34.7 Å². The summed E-state index contributed by atoms with van der Waals surface area (Å²) < 4.78 is 58.0. The summed E-state index contributed by atoms with van der Waals surface area (Å²) in [5.74, 6) is -2.82. The molecule has 9 nitrogen and oxygen atoms in total. The summed E-state index contributed by atoms with van der Waals surface area (Å²) in [5, 5.41) is 11.8. The minimum Gasteiger partial charge on any atom is -0.369 e. The van der Waals surface area contributed by atoms with Gasteiger partial charge in [-0.1, -0.05) is 16.3 Å². The third-order valence-electron chi connectivity index (χ3n) is 8.82. The van der Waals surface area contributed by atoms with E-state index in [4.69, 9.17) is 11.6 Å². The molecule has 1 aromatic rings. The monoisotopic (exact) mass is 656 g/mol. The van der Waals surface area contributed by atoms with Gasteiger partial charge in [0.25, 0.3) is 0 Å². The van der Waals surface area contributed by atoms with Crippen LogP contribution in [0.3, 0.4) is 0 Å². The van der Waals surface area contributed by atoms with E-state index in [2.05, 4.69) is 42.0 Å². The maximum Gasteiger partial charge on any atom is 0.360 e. The molecule has 3 fully saturated rings. The fourth-order valence-electron chi connectivity index (χ4n) is 6.05. The molecule has 4 aliphatic rings. The van der Waals surface area contributed by atoms with Crippen LogP contribution in [0.4, 0.5) is 14.5 Å². The van der Waals surface area contributed by atoms with Gasteiger partial charge in [0.1, 0.15) is 10.9 Å². The SMILES string of the molecule is CC(C)(C)N1CCN(c2ccc(S(=O)(=O)[C@@H]3C[C@@H](C(=O)NC4(C#N)CC4)[C@H](C(=O)[S+]4C=CCC(F)(F)N4)C3)c(Cl)c2)CC1. The van der Waals surface area contributed by atoms with E-state index < -0.39 is 67.0 Å². The van der Waals surface area contributed by atoms with E-state index in [-0.39, 0.29) is 28.3 Å². The Morgan fingerprint density at radius 3 is 2.35 bits per heavy atom. The molecule has 1 saturated heterocycles. The van der Waals surface area contributed by atoms with Gasteiger partial charge in [0.05, 0.1) is 39.5 Å². The standard InChI is InChI=1S/C29H36ClF2N5O4S2/c1-27(2,3)37-12-10-36(11-13-37)19-5-6-24(23(30)15-19)43(40,41)20-16-21(25(38)34-28(18-33)8-9-28)22(17-20)26(39)42-14-4-7-29(31,32)35-42/h4-6,14-15,20-22,35H,7-13,16-17H2,1-3H3/p+1/t20-,21-,22-,42?/m1/s1. The third kappa shape index (κ3) is 6.73. The smallest absolute Gasteiger partial charge is 0.360 e. The van der Waals surface area contributed by atoms with E-state index in [1.165, 1.54) is 17.6 Å². The predicted octanol–water partition coefficient (Wildman–Crippen LogP) is 3.76. The fraction of sp³-hybridized carbons (Fsp3) is 0.621. The molecule has 2 heterocycles. The first kappa shape index (κ1) is 32.2. The number of amides is 1. The van der Waals surface area contributed by atoms with Crippen molar-refractivity contribution in [1.29, 1.82) is 5.26 Å². The minimum atomic E-state index is -4.10. The second-order valence-corrected chi connectivity index (χ2v) is 17.0. The lowest BCUT2D eigenvalue weighted by molar-refractivity contribution is -0.130. The van der Waals surface area contributed by atoms with Gasteiger partial charge in [-0.15, -0.1) is 0 Å². The highest BCUT2D eigenvalue weighted by molar-refractivity contribution is 8.11. The molecule has 1 unspecified atom stereocenters. The zero-order valence-corrected chi connectivity index (χ0v) is 26.8. The quantitative estimate of drug-likeness (QED) is 0.351. The van der Waals surface area contributed by atoms with Gasteiger partial charge in [0, 0.05) is 37.4 Å². The Balaban J connectivity index is 1.36. The van der Waals surface area contributed by atoms with E-state index in [1.54, 1.807) is 12.1 Å². The first-order valence-electron chi connectivity index (χ1n) is 14.4. The van der Waals surface area contributed by atoms with Crippen molar-refractivity contribution in [2.45, 2.75) is 80.1 Å². The molecule has 43 heavy (non-hydrogen) atoms. The van der Waals surface area contributed by atoms with Crippen LogP contribution >= 0.6 is 11.6 Å². The number of anilines is 1. The molecule has 1 aromatic carbocycles. The summed E-state index contributed by atoms with van der Waals surface area (Å²) in [6.07, 6.45) is 1.16. The van der Waals surface area contributed by atoms with E-state index >= 15 is 0 Å². The van der Waals surface area contributed by atoms with Gasteiger partial charge in [0.15, 0.2) is 20.9 Å². The number of carbonyl (C=O) groups is 2. The maximum absolute atomic E-state index is 14.1. The molecular formula is C29H37ClF2N5O4S2+. The summed E-state index contributed by atoms with van der Waals surface area (Å²) in [6.45, 7) is 9.73. The number of nitriles is 1. The number of halogens is 3. The van der Waals surface area contributed by atoms with Crippen LogP contribution < -0.4 is 14.9 Å². The first-order valence-corrected chi connectivity index (χ1v) is 17.6. The van der Waals surface area contributed by atoms with Crippen LogP contribution in [0.5, 0.6) is 0 Å². The highest BCUT2D eigenvalue weighted by Crippen LogP contribution is 2.44. The Bertz CT molecular complexity index is 1460. The molecule has 2 saturated carbocycles. The van der Waals surface area contributed by atoms with Crippen molar-refractivity contribution < 1.29 is 26.8 Å². The average molecular weight is 657 g/mol. The maximum atomic E-state index is 14.1. The van der Waals surface area contributed by atoms with Gasteiger partial charge in [-0.2, -0.15) is 14.0 Å². The number of rotatable bonds is 6. The van der Waals surface area contributed by atoms with Gasteiger partial charge >= 0.3 is 11.2 Å². The normalized spacial score (nSPS) is 28.7. The number of hydrogen-bond acceptors (Lipinski definition) is 8. The summed E-state index contributed by atoms with van der Waals surface area (Å²) in [5.41, 5.74) is -0.176. The second kappa shape index (κ2) is 11.6. The van der Waals surface area contributed by atoms with Crippen molar-refractivity contribution in [3.63, 3.8) is 0 Å². The Morgan fingerprint density at radius 1 is 1.14 bits per heavy atom. The molecule has 0 spiro atoms. The molecule has 2 aliphatic heterocycles. The van der Waals surface area contributed by atoms with E-state index in [0.29, 0.717) is 12.8 Å². The topological polar surface area (TPSA) is 123 Å². The van der Waals surface area contributed by atoms with Gasteiger partial charge in [-0.3, -0.25) is 9.69 Å². The Hall–Kier alpha value is -2.24. The number of alkyl halides is 2. The molecule has 0 aromatic heterocycles. The highest BCUT2D eigenvalue weighted by atomic mass is 35.5. The first-order chi connectivity index (χ1) is 20.1. The van der Waals surface area contributed by atoms with Crippen LogP contribution in [0, 0.1) is 23.2 Å². The number of nitrogens with one attached hydrogen (secondary N) is 2. The largest absolute Gasteiger partial charge is 0.369 e. The van der Waals surface area contributed by atoms with Gasteiger partial charge in [0.2, 0.25) is 5.91 Å². The van der Waals surface area contributed by atoms with E-state index in [1.807, 2.05) is 4.72 Å². The lowest BCUT2D eigenvalue weighted by Gasteiger charge is -2.43. The number of carbonyl (C=O) groups excluding carboxylic acids is 2. The average Bonchev–Trinajstić information content (AvgIpc) is 3.56. The molecule has 2 aliphatic carbocycles. The third-order valence-corrected chi connectivity index (χ3v) is 13.2. The highest BCUT2D eigenvalue weighted by Gasteiger charge is 2.56. The minimum absolute atomic E-state index is 0.0475. The molecule has 0 radical (unpaired) electrons. The van der Waals surface area contributed by atoms with Crippen LogP contribution in [-0.2, 0) is 30.5 Å². The number of benzene rings is 1. The second-order valence-electron chi connectivity index (χ2n) is 12.8. The lowest BCUT2D eigenvalue weighted by Crippen LogP contribution is -2.53. The predicted molar refractivity (Wildman–Crippen MR) is 162 cm³/mol. The van der Waals surface area contributed by atoms with Crippen molar-refractivity contribution in [1.82, 2.24) is 14.9 Å². The molecular weight excluding hydrogens is 620 g/mol. The van der Waals surface area contributed by atoms with Crippen LogP contribution in [0.1, 0.15) is 52.9 Å². The van der Waals surface area contributed by atoms with Crippen LogP contribution in [0.15, 0.2) is 34.6 Å². The summed E-state index contributed by atoms with van der Waals surface area (Å²) in [4.78, 5) is 31.3. The van der Waals surface area contributed by atoms with Crippen molar-refractivity contribution >= 4 is 49.2 Å². The van der Waals surface area contributed by atoms with Crippen molar-refractivity contribution in [3.8, 4) is 6.07 Å². The Labute approximate surface area is 259 Å². The van der Waals surface area contributed by atoms with Crippen molar-refractivity contribution in [2.24, 2.45) is 11.8 Å². The van der Waals surface area contributed by atoms with E-state index in [9.17, 15) is 32.0 Å². The number of piperazine rings is 1. The van der Waals surface area contributed by atoms with Crippen LogP contribution in [0.25, 0.3) is 0 Å². The van der Waals surface area contributed by atoms with Gasteiger partial charge in [-0.05, 0) is 70.7 Å². The zero-order chi connectivity index (χ0) is 31.4. The Kier molecular flexibility index (Phi) is 8.68. The summed E-state index contributed by atoms with van der Waals surface area (Å²) in [6, 6.07) is 3.59. The molecule has 5 rings (SSSR count). The molecule has 0 bridgehead atoms. The number of hydrogen-bond donors (Lipinski definition) is 2. The summed E-state index contributed by atoms with van der Waals surface area (Å²) in [7, 11) is -4.10. The van der Waals surface area contributed by atoms with Crippen molar-refractivity contribution in [2.75, 3.05) is 31.1 Å². The van der Waals surface area contributed by atoms with E-state index in [0.717, 1.165) is 31.9 Å². The van der Waals surface area contributed by atoms with Gasteiger partial charge < -0.3 is 10.2 Å². The molecule has 1 amide bonds. The fourth-order valence-corrected chi connectivity index (χ4v) is 10.0. The van der Waals surface area contributed by atoms with Crippen LogP contribution in [-0.4, -0.2) is 72.9 Å². The zero-order valence-electron chi connectivity index (χ0n) is 24.4. The Morgan fingerprint density at radius 2 is 1.79 bits per heavy atom. The molecule has 2 N–H and O–H groups in total. The molecule has 234 valence electrons. The number of nitrogens with zero attached hydrogens (tertiary/aromatic N) is 3.